The minimum atomic E-state index is -3.76. The molecule has 1 saturated heterocycles. The van der Waals surface area contributed by atoms with Crippen molar-refractivity contribution < 1.29 is 27.2 Å². The Labute approximate surface area is 168 Å². The Bertz CT molecular complexity index is 781. The zero-order chi connectivity index (χ0) is 20.5. The van der Waals surface area contributed by atoms with Crippen molar-refractivity contribution in [2.24, 2.45) is 0 Å². The molecular weight excluding hydrogens is 416 g/mol. The predicted molar refractivity (Wildman–Crippen MR) is 102 cm³/mol. The normalized spacial score (nSPS) is 23.5. The van der Waals surface area contributed by atoms with Crippen LogP contribution in [0.25, 0.3) is 0 Å². The zero-order valence-corrected chi connectivity index (χ0v) is 17.9. The number of rotatable bonds is 5. The summed E-state index contributed by atoms with van der Waals surface area (Å²) in [6, 6.07) is 3.34. The number of likely N-dealkylation sites (tertiary alicyclic amines) is 1. The second kappa shape index (κ2) is 8.12. The standard InChI is InChI=1S/C16H23ClN2O6S2/c1-15(2,3)25-14(20)19-8-12(26-13-6-5-11(17)7-18-13)16(21,9-19)10-24-27(4,22)23/h5-7,12,21H,8-10H2,1-4H3. The fourth-order valence-electron chi connectivity index (χ4n) is 2.40. The number of halogens is 1. The first-order chi connectivity index (χ1) is 12.3. The van der Waals surface area contributed by atoms with Crippen LogP contribution < -0.4 is 0 Å². The molecule has 1 amide bonds. The van der Waals surface area contributed by atoms with Crippen LogP contribution in [0.4, 0.5) is 4.79 Å². The minimum absolute atomic E-state index is 0.122. The van der Waals surface area contributed by atoms with Crippen molar-refractivity contribution in [3.63, 3.8) is 0 Å². The van der Waals surface area contributed by atoms with Crippen LogP contribution in [0.15, 0.2) is 23.4 Å². The third kappa shape index (κ3) is 6.79. The summed E-state index contributed by atoms with van der Waals surface area (Å²) >= 11 is 7.05. The second-order valence-corrected chi connectivity index (χ2v) is 10.7. The summed E-state index contributed by atoms with van der Waals surface area (Å²) in [5, 5.41) is 11.5. The Morgan fingerprint density at radius 2 is 2.15 bits per heavy atom. The topological polar surface area (TPSA) is 106 Å². The molecule has 0 saturated carbocycles. The maximum Gasteiger partial charge on any atom is 0.410 e. The van der Waals surface area contributed by atoms with E-state index in [1.54, 1.807) is 32.9 Å². The van der Waals surface area contributed by atoms with Crippen LogP contribution in [0.2, 0.25) is 5.02 Å². The summed E-state index contributed by atoms with van der Waals surface area (Å²) < 4.78 is 32.9. The van der Waals surface area contributed by atoms with Crippen LogP contribution in [-0.4, -0.2) is 71.9 Å². The number of pyridine rings is 1. The van der Waals surface area contributed by atoms with E-state index in [1.165, 1.54) is 22.9 Å². The molecule has 0 bridgehead atoms. The fraction of sp³-hybridized carbons (Fsp3) is 0.625. The van der Waals surface area contributed by atoms with E-state index in [-0.39, 0.29) is 13.1 Å². The quantitative estimate of drug-likeness (QED) is 0.697. The maximum absolute atomic E-state index is 12.4. The minimum Gasteiger partial charge on any atom is -0.444 e. The molecule has 1 aliphatic rings. The first-order valence-electron chi connectivity index (χ1n) is 8.10. The van der Waals surface area contributed by atoms with Gasteiger partial charge in [-0.15, -0.1) is 0 Å². The van der Waals surface area contributed by atoms with E-state index in [1.807, 2.05) is 0 Å². The molecule has 152 valence electrons. The molecule has 11 heteroatoms. The lowest BCUT2D eigenvalue weighted by Gasteiger charge is -2.27. The lowest BCUT2D eigenvalue weighted by Crippen LogP contribution is -2.46. The van der Waals surface area contributed by atoms with Gasteiger partial charge in [0.1, 0.15) is 11.2 Å². The Hall–Kier alpha value is -1.07. The van der Waals surface area contributed by atoms with Crippen LogP contribution in [-0.2, 0) is 19.0 Å². The van der Waals surface area contributed by atoms with Gasteiger partial charge in [0, 0.05) is 12.7 Å². The molecule has 27 heavy (non-hydrogen) atoms. The number of carbonyl (C=O) groups excluding carboxylic acids is 1. The van der Waals surface area contributed by atoms with Gasteiger partial charge >= 0.3 is 6.09 Å². The average molecular weight is 439 g/mol. The van der Waals surface area contributed by atoms with Crippen LogP contribution in [0.1, 0.15) is 20.8 Å². The number of amides is 1. The molecule has 0 aliphatic carbocycles. The number of aromatic nitrogens is 1. The van der Waals surface area contributed by atoms with Crippen LogP contribution in [0.3, 0.4) is 0 Å². The van der Waals surface area contributed by atoms with E-state index >= 15 is 0 Å². The van der Waals surface area contributed by atoms with Gasteiger partial charge in [0.25, 0.3) is 10.1 Å². The molecule has 1 aromatic heterocycles. The number of hydrogen-bond donors (Lipinski definition) is 1. The smallest absolute Gasteiger partial charge is 0.410 e. The molecule has 1 N–H and O–H groups in total. The third-order valence-electron chi connectivity index (χ3n) is 3.59. The van der Waals surface area contributed by atoms with Crippen LogP contribution in [0.5, 0.6) is 0 Å². The third-order valence-corrected chi connectivity index (χ3v) is 5.71. The lowest BCUT2D eigenvalue weighted by molar-refractivity contribution is -0.00174. The van der Waals surface area contributed by atoms with Gasteiger partial charge < -0.3 is 14.7 Å². The van der Waals surface area contributed by atoms with Crippen LogP contribution >= 0.6 is 23.4 Å². The Morgan fingerprint density at radius 3 is 2.67 bits per heavy atom. The van der Waals surface area contributed by atoms with Gasteiger partial charge in [-0.1, -0.05) is 23.4 Å². The fourth-order valence-corrected chi connectivity index (χ4v) is 4.10. The van der Waals surface area contributed by atoms with Gasteiger partial charge in [0.05, 0.1) is 34.7 Å². The maximum atomic E-state index is 12.4. The van der Waals surface area contributed by atoms with Crippen molar-refractivity contribution in [2.45, 2.75) is 42.2 Å². The number of ether oxygens (including phenoxy) is 1. The molecule has 2 unspecified atom stereocenters. The molecule has 1 fully saturated rings. The molecular formula is C16H23ClN2O6S2. The summed E-state index contributed by atoms with van der Waals surface area (Å²) in [7, 11) is -3.76. The summed E-state index contributed by atoms with van der Waals surface area (Å²) in [4.78, 5) is 17.9. The van der Waals surface area contributed by atoms with Gasteiger partial charge in [-0.05, 0) is 32.9 Å². The van der Waals surface area contributed by atoms with Crippen molar-refractivity contribution >= 4 is 39.6 Å². The van der Waals surface area contributed by atoms with E-state index in [4.69, 9.17) is 20.5 Å². The second-order valence-electron chi connectivity index (χ2n) is 7.35. The molecule has 0 aromatic carbocycles. The number of β-amino-alcohol motifs (C(OH)–C–C–N with tert-alkyl or cyclic N) is 1. The summed E-state index contributed by atoms with van der Waals surface area (Å²) in [6.45, 7) is 4.77. The first-order valence-corrected chi connectivity index (χ1v) is 11.2. The molecule has 2 rings (SSSR count). The van der Waals surface area contributed by atoms with E-state index < -0.39 is 39.3 Å². The van der Waals surface area contributed by atoms with Crippen LogP contribution in [0, 0.1) is 0 Å². The highest BCUT2D eigenvalue weighted by Crippen LogP contribution is 2.36. The SMILES string of the molecule is CC(C)(C)OC(=O)N1CC(Sc2ccc(Cl)cn2)C(O)(COS(C)(=O)=O)C1. The van der Waals surface area contributed by atoms with Crippen molar-refractivity contribution in [3.8, 4) is 0 Å². The van der Waals surface area contributed by atoms with Crippen molar-refractivity contribution in [2.75, 3.05) is 26.0 Å². The zero-order valence-electron chi connectivity index (χ0n) is 15.5. The monoisotopic (exact) mass is 438 g/mol. The Balaban J connectivity index is 2.20. The first kappa shape index (κ1) is 22.2. The number of carbonyl (C=O) groups is 1. The largest absolute Gasteiger partial charge is 0.444 e. The molecule has 0 radical (unpaired) electrons. The van der Waals surface area contributed by atoms with Crippen molar-refractivity contribution in [1.82, 2.24) is 9.88 Å². The van der Waals surface area contributed by atoms with Gasteiger partial charge in [-0.2, -0.15) is 8.42 Å². The molecule has 2 heterocycles. The van der Waals surface area contributed by atoms with Crippen molar-refractivity contribution in [1.29, 1.82) is 0 Å². The van der Waals surface area contributed by atoms with E-state index in [2.05, 4.69) is 4.98 Å². The number of aliphatic hydroxyl groups is 1. The number of nitrogens with zero attached hydrogens (tertiary/aromatic N) is 2. The van der Waals surface area contributed by atoms with Crippen molar-refractivity contribution in [3.05, 3.63) is 23.4 Å². The predicted octanol–water partition coefficient (Wildman–Crippen LogP) is 2.15. The van der Waals surface area contributed by atoms with Gasteiger partial charge in [-0.3, -0.25) is 4.18 Å². The molecule has 1 aliphatic heterocycles. The Kier molecular flexibility index (Phi) is 6.68. The highest BCUT2D eigenvalue weighted by Gasteiger charge is 2.49. The summed E-state index contributed by atoms with van der Waals surface area (Å²) in [6.07, 6.45) is 1.78. The molecule has 1 aromatic rings. The Morgan fingerprint density at radius 1 is 1.48 bits per heavy atom. The molecule has 2 atom stereocenters. The number of thioether (sulfide) groups is 1. The van der Waals surface area contributed by atoms with Gasteiger partial charge in [-0.25, -0.2) is 9.78 Å². The summed E-state index contributed by atoms with van der Waals surface area (Å²) in [5.74, 6) is 0. The average Bonchev–Trinajstić information content (AvgIpc) is 2.83. The van der Waals surface area contributed by atoms with Gasteiger partial charge in [0.2, 0.25) is 0 Å². The number of hydrogen-bond acceptors (Lipinski definition) is 8. The lowest BCUT2D eigenvalue weighted by atomic mass is 10.1. The molecule has 0 spiro atoms. The highest BCUT2D eigenvalue weighted by molar-refractivity contribution is 8.00. The molecule has 8 nitrogen and oxygen atoms in total. The van der Waals surface area contributed by atoms with Gasteiger partial charge in [0.15, 0.2) is 0 Å². The van der Waals surface area contributed by atoms with E-state index in [0.29, 0.717) is 10.0 Å². The van der Waals surface area contributed by atoms with E-state index in [9.17, 15) is 18.3 Å². The summed E-state index contributed by atoms with van der Waals surface area (Å²) in [5.41, 5.74) is -2.28. The highest BCUT2D eigenvalue weighted by atomic mass is 35.5. The van der Waals surface area contributed by atoms with E-state index in [0.717, 1.165) is 6.26 Å².